The van der Waals surface area contributed by atoms with Crippen molar-refractivity contribution < 1.29 is 9.59 Å². The fourth-order valence-corrected chi connectivity index (χ4v) is 10.0. The van der Waals surface area contributed by atoms with Crippen LogP contribution in [0.4, 0.5) is 4.79 Å². The van der Waals surface area contributed by atoms with Crippen LogP contribution in [0.3, 0.4) is 0 Å². The Kier molecular flexibility index (Phi) is 6.02. The van der Waals surface area contributed by atoms with E-state index < -0.39 is 13.8 Å². The molecule has 32 heavy (non-hydrogen) atoms. The standard InChI is InChI=1S/C27H30N2O2Si/c1-4-27(5-2)25(30)29(26(31)28(27)6-3)32(22-16-10-7-11-17-22,23-18-12-8-13-19-23)24-20-14-9-15-21-24/h7-21H,4-6H2,1-3H3. The quantitative estimate of drug-likeness (QED) is 0.319. The number of hydrogen-bond donors (Lipinski definition) is 0. The molecule has 0 N–H and O–H groups in total. The molecule has 0 spiro atoms. The van der Waals surface area contributed by atoms with Crippen molar-refractivity contribution in [1.82, 2.24) is 9.47 Å². The zero-order chi connectivity index (χ0) is 22.8. The van der Waals surface area contributed by atoms with Gasteiger partial charge in [0.1, 0.15) is 5.54 Å². The van der Waals surface area contributed by atoms with Gasteiger partial charge in [-0.3, -0.25) is 9.36 Å². The molecule has 3 aromatic carbocycles. The monoisotopic (exact) mass is 442 g/mol. The van der Waals surface area contributed by atoms with Crippen LogP contribution in [0.1, 0.15) is 33.6 Å². The largest absolute Gasteiger partial charge is 0.320 e. The number of carbonyl (C=O) groups is 2. The van der Waals surface area contributed by atoms with Gasteiger partial charge in [0.2, 0.25) is 5.91 Å². The maximum absolute atomic E-state index is 14.3. The molecule has 1 fully saturated rings. The third kappa shape index (κ3) is 3.03. The minimum Gasteiger partial charge on any atom is -0.311 e. The second-order valence-corrected chi connectivity index (χ2v) is 11.8. The van der Waals surface area contributed by atoms with Crippen LogP contribution < -0.4 is 15.6 Å². The molecule has 0 bridgehead atoms. The lowest BCUT2D eigenvalue weighted by molar-refractivity contribution is -0.131. The maximum atomic E-state index is 14.3. The third-order valence-corrected chi connectivity index (χ3v) is 11.5. The summed E-state index contributed by atoms with van der Waals surface area (Å²) in [5, 5.41) is 3.08. The first kappa shape index (κ1) is 22.0. The maximum Gasteiger partial charge on any atom is 0.320 e. The molecular weight excluding hydrogens is 412 g/mol. The van der Waals surface area contributed by atoms with Gasteiger partial charge in [-0.15, -0.1) is 0 Å². The number of hydrogen-bond acceptors (Lipinski definition) is 2. The van der Waals surface area contributed by atoms with Gasteiger partial charge in [0.25, 0.3) is 8.24 Å². The number of rotatable bonds is 7. The van der Waals surface area contributed by atoms with Crippen molar-refractivity contribution in [2.75, 3.05) is 6.54 Å². The second-order valence-electron chi connectivity index (χ2n) is 8.21. The summed E-state index contributed by atoms with van der Waals surface area (Å²) in [4.78, 5) is 30.2. The highest BCUT2D eigenvalue weighted by molar-refractivity contribution is 7.11. The lowest BCUT2D eigenvalue weighted by Crippen LogP contribution is -2.78. The van der Waals surface area contributed by atoms with E-state index in [1.165, 1.54) is 0 Å². The number of carbonyl (C=O) groups excluding carboxylic acids is 2. The van der Waals surface area contributed by atoms with E-state index in [0.29, 0.717) is 19.4 Å². The summed E-state index contributed by atoms with van der Waals surface area (Å²) in [6, 6.07) is 30.2. The van der Waals surface area contributed by atoms with Crippen LogP contribution in [-0.2, 0) is 4.79 Å². The average Bonchev–Trinajstić information content (AvgIpc) is 3.08. The lowest BCUT2D eigenvalue weighted by Gasteiger charge is -2.39. The highest BCUT2D eigenvalue weighted by Crippen LogP contribution is 2.36. The number of benzene rings is 3. The number of likely N-dealkylation sites (N-methyl/N-ethyl adjacent to an activating group) is 1. The summed E-state index contributed by atoms with van der Waals surface area (Å²) in [5.74, 6) is -0.0717. The van der Waals surface area contributed by atoms with Crippen molar-refractivity contribution in [3.05, 3.63) is 91.0 Å². The molecule has 4 rings (SSSR count). The van der Waals surface area contributed by atoms with Crippen molar-refractivity contribution in [1.29, 1.82) is 0 Å². The van der Waals surface area contributed by atoms with Crippen molar-refractivity contribution >= 4 is 35.7 Å². The summed E-state index contributed by atoms with van der Waals surface area (Å²) in [6.07, 6.45) is 1.20. The second kappa shape index (κ2) is 8.75. The predicted molar refractivity (Wildman–Crippen MR) is 132 cm³/mol. The highest BCUT2D eigenvalue weighted by atomic mass is 28.3. The normalized spacial score (nSPS) is 16.0. The molecule has 0 aliphatic carbocycles. The van der Waals surface area contributed by atoms with Crippen molar-refractivity contribution in [3.8, 4) is 0 Å². The Labute approximate surface area is 191 Å². The van der Waals surface area contributed by atoms with Gasteiger partial charge in [0.05, 0.1) is 0 Å². The molecular formula is C27H30N2O2Si. The Morgan fingerprint density at radius 3 is 1.31 bits per heavy atom. The summed E-state index contributed by atoms with van der Waals surface area (Å²) in [5.41, 5.74) is -0.803. The van der Waals surface area contributed by atoms with Crippen LogP contribution in [0.2, 0.25) is 0 Å². The van der Waals surface area contributed by atoms with Crippen LogP contribution in [-0.4, -0.2) is 41.7 Å². The molecule has 0 radical (unpaired) electrons. The average molecular weight is 443 g/mol. The van der Waals surface area contributed by atoms with Crippen molar-refractivity contribution in [2.24, 2.45) is 0 Å². The van der Waals surface area contributed by atoms with Gasteiger partial charge in [-0.2, -0.15) is 0 Å². The first-order chi connectivity index (χ1) is 15.6. The Morgan fingerprint density at radius 1 is 0.656 bits per heavy atom. The van der Waals surface area contributed by atoms with E-state index in [1.54, 1.807) is 9.47 Å². The highest BCUT2D eigenvalue weighted by Gasteiger charge is 2.63. The van der Waals surface area contributed by atoms with Crippen LogP contribution in [0.15, 0.2) is 91.0 Å². The zero-order valence-electron chi connectivity index (χ0n) is 19.0. The number of amides is 3. The van der Waals surface area contributed by atoms with Crippen LogP contribution in [0.25, 0.3) is 0 Å². The van der Waals surface area contributed by atoms with Gasteiger partial charge in [0, 0.05) is 6.54 Å². The molecule has 1 aliphatic heterocycles. The molecule has 5 heteroatoms. The molecule has 0 unspecified atom stereocenters. The first-order valence-electron chi connectivity index (χ1n) is 11.4. The van der Waals surface area contributed by atoms with E-state index >= 15 is 0 Å². The molecule has 3 amide bonds. The molecule has 0 aromatic heterocycles. The topological polar surface area (TPSA) is 40.6 Å². The molecule has 0 atom stereocenters. The molecule has 4 nitrogen and oxygen atoms in total. The van der Waals surface area contributed by atoms with Gasteiger partial charge in [-0.1, -0.05) is 105 Å². The molecule has 3 aromatic rings. The zero-order valence-corrected chi connectivity index (χ0v) is 20.0. The smallest absolute Gasteiger partial charge is 0.311 e. The van der Waals surface area contributed by atoms with Gasteiger partial charge in [-0.05, 0) is 35.3 Å². The van der Waals surface area contributed by atoms with E-state index in [0.717, 1.165) is 15.6 Å². The predicted octanol–water partition coefficient (Wildman–Crippen LogP) is 3.50. The van der Waals surface area contributed by atoms with Crippen LogP contribution in [0.5, 0.6) is 0 Å². The summed E-state index contributed by atoms with van der Waals surface area (Å²) in [6.45, 7) is 6.49. The van der Waals surface area contributed by atoms with Crippen molar-refractivity contribution in [2.45, 2.75) is 39.2 Å². The molecule has 1 heterocycles. The molecule has 164 valence electrons. The summed E-state index contributed by atoms with van der Waals surface area (Å²) >= 11 is 0. The van der Waals surface area contributed by atoms with E-state index in [4.69, 9.17) is 0 Å². The number of nitrogens with zero attached hydrogens (tertiary/aromatic N) is 2. The Morgan fingerprint density at radius 2 is 1.03 bits per heavy atom. The SMILES string of the molecule is CCN1C(=O)N([Si](c2ccccc2)(c2ccccc2)c2ccccc2)C(=O)C1(CC)CC. The Bertz CT molecular complexity index is 986. The van der Waals surface area contributed by atoms with Gasteiger partial charge in [0.15, 0.2) is 0 Å². The van der Waals surface area contributed by atoms with Crippen LogP contribution in [0, 0.1) is 0 Å². The number of urea groups is 1. The van der Waals surface area contributed by atoms with E-state index in [1.807, 2.05) is 75.4 Å². The summed E-state index contributed by atoms with van der Waals surface area (Å²) in [7, 11) is -3.20. The van der Waals surface area contributed by atoms with Gasteiger partial charge in [-0.25, -0.2) is 4.79 Å². The fraction of sp³-hybridized carbons (Fsp3) is 0.259. The lowest BCUT2D eigenvalue weighted by atomic mass is 9.91. The fourth-order valence-electron chi connectivity index (χ4n) is 5.31. The van der Waals surface area contributed by atoms with E-state index in [9.17, 15) is 9.59 Å². The molecule has 0 saturated carbocycles. The van der Waals surface area contributed by atoms with Crippen LogP contribution >= 0.6 is 0 Å². The molecule has 1 aliphatic rings. The molecule has 1 saturated heterocycles. The van der Waals surface area contributed by atoms with Crippen molar-refractivity contribution in [3.63, 3.8) is 0 Å². The number of imide groups is 1. The van der Waals surface area contributed by atoms with E-state index in [2.05, 4.69) is 36.4 Å². The summed E-state index contributed by atoms with van der Waals surface area (Å²) < 4.78 is 1.67. The Balaban J connectivity index is 2.12. The third-order valence-electron chi connectivity index (χ3n) is 6.94. The minimum atomic E-state index is -3.20. The van der Waals surface area contributed by atoms with Gasteiger partial charge >= 0.3 is 6.03 Å². The van der Waals surface area contributed by atoms with E-state index in [-0.39, 0.29) is 11.9 Å². The Hall–Kier alpha value is -3.18. The minimum absolute atomic E-state index is 0.0717. The van der Waals surface area contributed by atoms with Gasteiger partial charge < -0.3 is 4.90 Å². The first-order valence-corrected chi connectivity index (χ1v) is 13.4.